The Bertz CT molecular complexity index is 2540. The van der Waals surface area contributed by atoms with E-state index in [-0.39, 0.29) is 60.5 Å². The van der Waals surface area contributed by atoms with Gasteiger partial charge in [0.15, 0.2) is 36.4 Å². The molecule has 2 N–H and O–H groups in total. The van der Waals surface area contributed by atoms with Crippen molar-refractivity contribution in [3.8, 4) is 11.5 Å². The Kier molecular flexibility index (Phi) is 18.6. The van der Waals surface area contributed by atoms with Crippen molar-refractivity contribution in [1.29, 1.82) is 0 Å². The van der Waals surface area contributed by atoms with E-state index in [0.29, 0.717) is 30.0 Å². The number of esters is 1. The van der Waals surface area contributed by atoms with Crippen molar-refractivity contribution in [2.75, 3.05) is 54.2 Å². The molecule has 0 saturated carbocycles. The number of aliphatic carboxylic acids is 1. The van der Waals surface area contributed by atoms with E-state index in [0.717, 1.165) is 16.7 Å². The molecule has 0 fully saturated rings. The lowest BCUT2D eigenvalue weighted by molar-refractivity contribution is -0.161. The van der Waals surface area contributed by atoms with Crippen molar-refractivity contribution in [1.82, 2.24) is 5.32 Å². The van der Waals surface area contributed by atoms with Crippen LogP contribution in [-0.4, -0.2) is 76.4 Å². The number of carbonyl (C=O) groups is 2. The molecule has 6 aromatic carbocycles. The zero-order valence-electron chi connectivity index (χ0n) is 38.0. The molecule has 1 heterocycles. The van der Waals surface area contributed by atoms with Crippen LogP contribution in [0.15, 0.2) is 184 Å². The van der Waals surface area contributed by atoms with Gasteiger partial charge in [0.2, 0.25) is 6.10 Å². The van der Waals surface area contributed by atoms with Gasteiger partial charge in [-0.1, -0.05) is 174 Å². The first-order chi connectivity index (χ1) is 33.8. The Morgan fingerprint density at radius 2 is 1.16 bits per heavy atom. The van der Waals surface area contributed by atoms with Crippen LogP contribution in [0.5, 0.6) is 11.5 Å². The number of carbonyl (C=O) groups excluding carboxylic acids is 1. The summed E-state index contributed by atoms with van der Waals surface area (Å²) in [5, 5.41) is 15.1. The second-order valence-electron chi connectivity index (χ2n) is 15.2. The number of ether oxygens (including phenoxy) is 7. The molecule has 0 bridgehead atoms. The third-order valence-corrected chi connectivity index (χ3v) is 12.3. The standard InChI is InChI=1S/C53H52ClN3O11S/c1-61-30-32-63-36-65-45-29-28-44(47(54)50(45)66-37-64-33-31-62-2)49(51(60)67-48(38-18-8-3-9-19-38)39-20-10-4-11-21-39)68-57-69-35-43(34-46(58)59)55-52(69)56-53(40-22-12-5-13-23-40,41-24-14-6-15-25-41)42-26-16-7-17-27-42/h3-29,35,48-49H,30-34,36-37H2,1-2H3,(H,55,56)(H,58,59). The van der Waals surface area contributed by atoms with E-state index in [9.17, 15) is 14.7 Å². The van der Waals surface area contributed by atoms with Gasteiger partial charge in [0.1, 0.15) is 5.54 Å². The maximum atomic E-state index is 15.0. The second kappa shape index (κ2) is 25.6. The van der Waals surface area contributed by atoms with Crippen LogP contribution in [0.4, 0.5) is 0 Å². The molecule has 2 atom stereocenters. The van der Waals surface area contributed by atoms with Crippen molar-refractivity contribution in [3.05, 3.63) is 213 Å². The fourth-order valence-corrected chi connectivity index (χ4v) is 8.96. The predicted octanol–water partition coefficient (Wildman–Crippen LogP) is 9.71. The van der Waals surface area contributed by atoms with Gasteiger partial charge in [-0.2, -0.15) is 0 Å². The molecule has 0 spiro atoms. The van der Waals surface area contributed by atoms with Crippen LogP contribution >= 0.6 is 11.6 Å². The van der Waals surface area contributed by atoms with Crippen molar-refractivity contribution >= 4 is 39.4 Å². The van der Waals surface area contributed by atoms with Crippen LogP contribution in [0.2, 0.25) is 5.02 Å². The molecule has 1 aliphatic heterocycles. The number of hydrogen-bond acceptors (Lipinski definition) is 12. The third-order valence-electron chi connectivity index (χ3n) is 10.6. The van der Waals surface area contributed by atoms with Gasteiger partial charge in [-0.15, -0.1) is 0 Å². The third kappa shape index (κ3) is 13.1. The van der Waals surface area contributed by atoms with E-state index in [1.54, 1.807) is 31.8 Å². The highest BCUT2D eigenvalue weighted by atomic mass is 35.5. The minimum atomic E-state index is -1.64. The van der Waals surface area contributed by atoms with E-state index in [1.165, 1.54) is 0 Å². The first-order valence-corrected chi connectivity index (χ1v) is 23.5. The number of methoxy groups -OCH3 is 2. The number of amidine groups is 1. The lowest BCUT2D eigenvalue weighted by Gasteiger charge is -2.32. The quantitative estimate of drug-likeness (QED) is 0.0184. The molecule has 7 rings (SSSR count). The minimum Gasteiger partial charge on any atom is -0.481 e. The topological polar surface area (TPSA) is 165 Å². The van der Waals surface area contributed by atoms with Gasteiger partial charge in [-0.3, -0.25) is 4.79 Å². The normalized spacial score (nSPS) is 14.6. The van der Waals surface area contributed by atoms with Gasteiger partial charge >= 0.3 is 11.9 Å². The zero-order valence-corrected chi connectivity index (χ0v) is 39.6. The highest BCUT2D eigenvalue weighted by Crippen LogP contribution is 2.44. The Hall–Kier alpha value is -6.69. The molecule has 14 nitrogen and oxygen atoms in total. The van der Waals surface area contributed by atoms with E-state index >= 15 is 0 Å². The monoisotopic (exact) mass is 973 g/mol. The van der Waals surface area contributed by atoms with Crippen molar-refractivity contribution in [2.24, 2.45) is 9.52 Å². The Morgan fingerprint density at radius 3 is 1.65 bits per heavy atom. The number of carboxylic acids is 1. The predicted molar refractivity (Wildman–Crippen MR) is 263 cm³/mol. The van der Waals surface area contributed by atoms with Crippen molar-refractivity contribution in [3.63, 3.8) is 0 Å². The fraction of sp³-hybridized carbons (Fsp3) is 0.226. The molecule has 1 aliphatic rings. The smallest absolute Gasteiger partial charge is 0.343 e. The first-order valence-electron chi connectivity index (χ1n) is 21.9. The molecule has 2 unspecified atom stereocenters. The Balaban J connectivity index is 1.37. The van der Waals surface area contributed by atoms with Gasteiger partial charge < -0.3 is 43.6 Å². The summed E-state index contributed by atoms with van der Waals surface area (Å²) in [6.45, 7) is 0.718. The van der Waals surface area contributed by atoms with Crippen LogP contribution in [0.25, 0.3) is 0 Å². The Morgan fingerprint density at radius 1 is 0.667 bits per heavy atom. The summed E-state index contributed by atoms with van der Waals surface area (Å²) >= 11 is 7.23. The summed E-state index contributed by atoms with van der Waals surface area (Å²) in [5.74, 6) is -1.72. The summed E-state index contributed by atoms with van der Waals surface area (Å²) < 4.78 is 44.5. The highest BCUT2D eigenvalue weighted by molar-refractivity contribution is 8.05. The SMILES string of the molecule is COCCOCOc1ccc(C(ON=S2C=C(CC(=O)O)NC2=NC(c2ccccc2)(c2ccccc2)c2ccccc2)C(=O)OC(c2ccccc2)c2ccccc2)c(Cl)c1OCOCCOC. The maximum absolute atomic E-state index is 15.0. The van der Waals surface area contributed by atoms with Gasteiger partial charge in [0, 0.05) is 41.6 Å². The first kappa shape index (κ1) is 50.2. The number of halogens is 1. The zero-order chi connectivity index (χ0) is 48.3. The number of nitrogens with zero attached hydrogens (tertiary/aromatic N) is 2. The van der Waals surface area contributed by atoms with Crippen LogP contribution in [0, 0.1) is 0 Å². The van der Waals surface area contributed by atoms with Crippen LogP contribution in [0.3, 0.4) is 0 Å². The lowest BCUT2D eigenvalue weighted by Crippen LogP contribution is -2.32. The molecule has 0 saturated heterocycles. The summed E-state index contributed by atoms with van der Waals surface area (Å²) in [6, 6.07) is 51.0. The van der Waals surface area contributed by atoms with E-state index < -0.39 is 40.4 Å². The van der Waals surface area contributed by atoms with E-state index in [1.807, 2.05) is 152 Å². The summed E-state index contributed by atoms with van der Waals surface area (Å²) in [6.07, 6.45) is -2.88. The molecule has 0 radical (unpaired) electrons. The Labute approximate surface area is 408 Å². The maximum Gasteiger partial charge on any atom is 0.343 e. The fourth-order valence-electron chi connectivity index (χ4n) is 7.36. The molecule has 0 aromatic heterocycles. The van der Waals surface area contributed by atoms with Gasteiger partial charge in [0.25, 0.3) is 0 Å². The number of nitrogens with one attached hydrogen (secondary N) is 1. The number of carboxylic acid groups (broad SMARTS) is 1. The minimum absolute atomic E-state index is 0.0280. The summed E-state index contributed by atoms with van der Waals surface area (Å²) in [7, 11) is 1.66. The van der Waals surface area contributed by atoms with Crippen molar-refractivity contribution < 1.29 is 52.7 Å². The van der Waals surface area contributed by atoms with Crippen LogP contribution in [-0.2, 0) is 54.3 Å². The van der Waals surface area contributed by atoms with Gasteiger partial charge in [0.05, 0.1) is 37.9 Å². The highest BCUT2D eigenvalue weighted by Gasteiger charge is 2.39. The average Bonchev–Trinajstić information content (AvgIpc) is 3.76. The molecule has 16 heteroatoms. The van der Waals surface area contributed by atoms with E-state index in [4.69, 9.17) is 59.1 Å². The number of hydrogen-bond donors (Lipinski definition) is 2. The molecule has 358 valence electrons. The molecule has 0 amide bonds. The van der Waals surface area contributed by atoms with Crippen LogP contribution < -0.4 is 14.8 Å². The lowest BCUT2D eigenvalue weighted by atomic mass is 9.77. The van der Waals surface area contributed by atoms with Crippen LogP contribution in [0.1, 0.15) is 52.0 Å². The number of benzene rings is 6. The number of rotatable bonds is 25. The molecule has 0 aliphatic carbocycles. The van der Waals surface area contributed by atoms with Gasteiger partial charge in [-0.05, 0) is 33.9 Å². The molecular formula is C53H52ClN3O11S. The average molecular weight is 975 g/mol. The second-order valence-corrected chi connectivity index (χ2v) is 17.0. The molecular weight excluding hydrogens is 922 g/mol. The largest absolute Gasteiger partial charge is 0.481 e. The molecule has 6 aromatic rings. The van der Waals surface area contributed by atoms with E-state index in [2.05, 4.69) is 5.32 Å². The summed E-state index contributed by atoms with van der Waals surface area (Å²) in [5.41, 5.74) is 3.16. The summed E-state index contributed by atoms with van der Waals surface area (Å²) in [4.78, 5) is 39.1. The number of aliphatic imine (C=N–C) groups is 1. The van der Waals surface area contributed by atoms with Crippen molar-refractivity contribution in [2.45, 2.75) is 24.2 Å². The van der Waals surface area contributed by atoms with Gasteiger partial charge in [-0.25, -0.2) is 14.6 Å². The molecule has 69 heavy (non-hydrogen) atoms.